The van der Waals surface area contributed by atoms with E-state index in [9.17, 15) is 0 Å². The van der Waals surface area contributed by atoms with Crippen molar-refractivity contribution in [2.75, 3.05) is 5.73 Å². The van der Waals surface area contributed by atoms with Gasteiger partial charge in [0.05, 0.1) is 17.7 Å². The van der Waals surface area contributed by atoms with Crippen LogP contribution in [-0.4, -0.2) is 19.3 Å². The number of anilines is 1. The van der Waals surface area contributed by atoms with Gasteiger partial charge >= 0.3 is 0 Å². The maximum Gasteiger partial charge on any atom is 0.121 e. The second kappa shape index (κ2) is 4.55. The van der Waals surface area contributed by atoms with Gasteiger partial charge in [-0.05, 0) is 28.1 Å². The molecule has 0 aliphatic heterocycles. The van der Waals surface area contributed by atoms with Crippen molar-refractivity contribution in [3.05, 3.63) is 47.5 Å². The van der Waals surface area contributed by atoms with E-state index in [1.807, 2.05) is 42.1 Å². The second-order valence-electron chi connectivity index (χ2n) is 4.21. The van der Waals surface area contributed by atoms with Gasteiger partial charge in [0.25, 0.3) is 0 Å². The van der Waals surface area contributed by atoms with Crippen molar-refractivity contribution in [3.8, 4) is 16.9 Å². The normalized spacial score (nSPS) is 10.8. The number of rotatable bonds is 2. The summed E-state index contributed by atoms with van der Waals surface area (Å²) in [6.45, 7) is 0. The Morgan fingerprint density at radius 3 is 2.68 bits per heavy atom. The predicted molar refractivity (Wildman–Crippen MR) is 77.9 cm³/mol. The van der Waals surface area contributed by atoms with E-state index in [1.165, 1.54) is 0 Å². The zero-order valence-electron chi connectivity index (χ0n) is 10.3. The van der Waals surface area contributed by atoms with Crippen molar-refractivity contribution >= 4 is 21.7 Å². The fourth-order valence-corrected chi connectivity index (χ4v) is 2.48. The number of nitrogens with zero attached hydrogens (tertiary/aromatic N) is 4. The monoisotopic (exact) mass is 317 g/mol. The van der Waals surface area contributed by atoms with E-state index in [0.29, 0.717) is 5.82 Å². The lowest BCUT2D eigenvalue weighted by molar-refractivity contribution is 0.782. The van der Waals surface area contributed by atoms with Crippen LogP contribution in [0.1, 0.15) is 0 Å². The highest BCUT2D eigenvalue weighted by atomic mass is 79.9. The fourth-order valence-electron chi connectivity index (χ4n) is 1.90. The van der Waals surface area contributed by atoms with Crippen molar-refractivity contribution in [1.82, 2.24) is 19.3 Å². The van der Waals surface area contributed by atoms with E-state index in [2.05, 4.69) is 26.0 Å². The van der Waals surface area contributed by atoms with Crippen molar-refractivity contribution < 1.29 is 0 Å². The Kier molecular flexibility index (Phi) is 2.87. The SMILES string of the molecule is Cn1nc(-c2ccc(-n3ccnc3)c(Br)c2)cc1N. The molecule has 0 unspecified atom stereocenters. The number of imidazole rings is 1. The molecule has 0 aliphatic carbocycles. The quantitative estimate of drug-likeness (QED) is 0.790. The van der Waals surface area contributed by atoms with Gasteiger partial charge in [-0.15, -0.1) is 0 Å². The van der Waals surface area contributed by atoms with Crippen LogP contribution in [0.3, 0.4) is 0 Å². The Morgan fingerprint density at radius 2 is 2.11 bits per heavy atom. The third-order valence-electron chi connectivity index (χ3n) is 2.94. The first-order valence-electron chi connectivity index (χ1n) is 5.73. The number of benzene rings is 1. The van der Waals surface area contributed by atoms with Gasteiger partial charge in [0.1, 0.15) is 5.82 Å². The molecule has 0 saturated carbocycles. The molecule has 2 aromatic heterocycles. The molecular formula is C13H12BrN5. The zero-order chi connectivity index (χ0) is 13.4. The maximum atomic E-state index is 5.80. The van der Waals surface area contributed by atoms with E-state index in [0.717, 1.165) is 21.4 Å². The zero-order valence-corrected chi connectivity index (χ0v) is 11.9. The lowest BCUT2D eigenvalue weighted by Gasteiger charge is -2.06. The number of hydrogen-bond donors (Lipinski definition) is 1. The highest BCUT2D eigenvalue weighted by molar-refractivity contribution is 9.10. The Hall–Kier alpha value is -2.08. The summed E-state index contributed by atoms with van der Waals surface area (Å²) in [7, 11) is 1.83. The molecule has 2 N–H and O–H groups in total. The van der Waals surface area contributed by atoms with Crippen molar-refractivity contribution in [2.45, 2.75) is 0 Å². The van der Waals surface area contributed by atoms with Gasteiger partial charge in [-0.1, -0.05) is 6.07 Å². The van der Waals surface area contributed by atoms with Crippen molar-refractivity contribution in [1.29, 1.82) is 0 Å². The van der Waals surface area contributed by atoms with E-state index < -0.39 is 0 Å². The third kappa shape index (κ3) is 2.15. The Balaban J connectivity index is 2.04. The Labute approximate surface area is 118 Å². The minimum atomic E-state index is 0.643. The number of nitrogens with two attached hydrogens (primary N) is 1. The van der Waals surface area contributed by atoms with Crippen LogP contribution in [0.15, 0.2) is 47.5 Å². The molecule has 3 aromatic rings. The first kappa shape index (κ1) is 12.0. The number of hydrogen-bond acceptors (Lipinski definition) is 3. The predicted octanol–water partition coefficient (Wildman–Crippen LogP) is 2.62. The Morgan fingerprint density at radius 1 is 1.26 bits per heavy atom. The number of aromatic nitrogens is 4. The van der Waals surface area contributed by atoms with Crippen LogP contribution in [0, 0.1) is 0 Å². The summed E-state index contributed by atoms with van der Waals surface area (Å²) < 4.78 is 4.58. The molecule has 1 aromatic carbocycles. The standard InChI is InChI=1S/C13H12BrN5/c1-18-13(15)7-11(17-18)9-2-3-12(10(14)6-9)19-5-4-16-8-19/h2-8H,15H2,1H3. The van der Waals surface area contributed by atoms with E-state index in [-0.39, 0.29) is 0 Å². The molecule has 0 radical (unpaired) electrons. The minimum absolute atomic E-state index is 0.643. The fraction of sp³-hybridized carbons (Fsp3) is 0.0769. The van der Waals surface area contributed by atoms with Gasteiger partial charge in [0.2, 0.25) is 0 Å². The molecule has 0 spiro atoms. The van der Waals surface area contributed by atoms with Gasteiger partial charge in [-0.2, -0.15) is 5.10 Å². The van der Waals surface area contributed by atoms with Gasteiger partial charge in [-0.25, -0.2) is 4.98 Å². The number of halogens is 1. The van der Waals surface area contributed by atoms with Crippen molar-refractivity contribution in [3.63, 3.8) is 0 Å². The van der Waals surface area contributed by atoms with Crippen LogP contribution in [0.25, 0.3) is 16.9 Å². The highest BCUT2D eigenvalue weighted by Gasteiger charge is 2.08. The van der Waals surface area contributed by atoms with Crippen molar-refractivity contribution in [2.24, 2.45) is 7.05 Å². The average molecular weight is 318 g/mol. The molecular weight excluding hydrogens is 306 g/mol. The number of aryl methyl sites for hydroxylation is 1. The smallest absolute Gasteiger partial charge is 0.121 e. The highest BCUT2D eigenvalue weighted by Crippen LogP contribution is 2.28. The lowest BCUT2D eigenvalue weighted by Crippen LogP contribution is -1.96. The van der Waals surface area contributed by atoms with Crippen LogP contribution in [0.5, 0.6) is 0 Å². The van der Waals surface area contributed by atoms with Gasteiger partial charge in [-0.3, -0.25) is 4.68 Å². The summed E-state index contributed by atoms with van der Waals surface area (Å²) in [6.07, 6.45) is 5.41. The minimum Gasteiger partial charge on any atom is -0.384 e. The molecule has 0 fully saturated rings. The summed E-state index contributed by atoms with van der Waals surface area (Å²) in [6, 6.07) is 7.92. The summed E-state index contributed by atoms with van der Waals surface area (Å²) in [5.41, 5.74) is 8.71. The molecule has 96 valence electrons. The van der Waals surface area contributed by atoms with Crippen LogP contribution < -0.4 is 5.73 Å². The topological polar surface area (TPSA) is 61.7 Å². The summed E-state index contributed by atoms with van der Waals surface area (Å²) in [5, 5.41) is 4.37. The van der Waals surface area contributed by atoms with Gasteiger partial charge in [0, 0.05) is 35.5 Å². The molecule has 19 heavy (non-hydrogen) atoms. The van der Waals surface area contributed by atoms with Crippen LogP contribution in [0.4, 0.5) is 5.82 Å². The molecule has 0 atom stereocenters. The van der Waals surface area contributed by atoms with E-state index in [1.54, 1.807) is 17.2 Å². The second-order valence-corrected chi connectivity index (χ2v) is 5.07. The molecule has 6 heteroatoms. The summed E-state index contributed by atoms with van der Waals surface area (Å²) >= 11 is 3.58. The first-order chi connectivity index (χ1) is 9.15. The van der Waals surface area contributed by atoms with Gasteiger partial charge in [0.15, 0.2) is 0 Å². The van der Waals surface area contributed by atoms with Crippen LogP contribution in [0.2, 0.25) is 0 Å². The molecule has 2 heterocycles. The van der Waals surface area contributed by atoms with Gasteiger partial charge < -0.3 is 10.3 Å². The first-order valence-corrected chi connectivity index (χ1v) is 6.52. The molecule has 0 saturated heterocycles. The lowest BCUT2D eigenvalue weighted by atomic mass is 10.1. The Bertz CT molecular complexity index is 695. The molecule has 3 rings (SSSR count). The number of nitrogen functional groups attached to an aromatic ring is 1. The van der Waals surface area contributed by atoms with Crippen LogP contribution >= 0.6 is 15.9 Å². The summed E-state index contributed by atoms with van der Waals surface area (Å²) in [4.78, 5) is 4.05. The molecule has 0 amide bonds. The molecule has 0 bridgehead atoms. The molecule has 0 aliphatic rings. The van der Waals surface area contributed by atoms with E-state index in [4.69, 9.17) is 5.73 Å². The van der Waals surface area contributed by atoms with Crippen LogP contribution in [-0.2, 0) is 7.05 Å². The van der Waals surface area contributed by atoms with E-state index >= 15 is 0 Å². The average Bonchev–Trinajstić information content (AvgIpc) is 3.00. The summed E-state index contributed by atoms with van der Waals surface area (Å²) in [5.74, 6) is 0.643. The molecule has 5 nitrogen and oxygen atoms in total. The largest absolute Gasteiger partial charge is 0.384 e. The maximum absolute atomic E-state index is 5.80. The third-order valence-corrected chi connectivity index (χ3v) is 3.58.